The molecule has 1 N–H and O–H groups in total. The Labute approximate surface area is 132 Å². The first-order valence-electron chi connectivity index (χ1n) is 7.44. The van der Waals surface area contributed by atoms with Crippen molar-refractivity contribution in [3.8, 4) is 0 Å². The second kappa shape index (κ2) is 7.04. The summed E-state index contributed by atoms with van der Waals surface area (Å²) in [6.45, 7) is 3.60. The Morgan fingerprint density at radius 1 is 1.45 bits per heavy atom. The summed E-state index contributed by atoms with van der Waals surface area (Å²) in [6, 6.07) is 5.79. The molecule has 0 aromatic carbocycles. The quantitative estimate of drug-likeness (QED) is 0.626. The number of likely N-dealkylation sites (tertiary alicyclic amines) is 1. The zero-order valence-electron chi connectivity index (χ0n) is 12.2. The van der Waals surface area contributed by atoms with Crippen LogP contribution in [0.1, 0.15) is 30.2 Å². The Morgan fingerprint density at radius 2 is 2.27 bits per heavy atom. The highest BCUT2D eigenvalue weighted by Crippen LogP contribution is 2.26. The van der Waals surface area contributed by atoms with Gasteiger partial charge >= 0.3 is 5.00 Å². The van der Waals surface area contributed by atoms with Crippen LogP contribution in [-0.4, -0.2) is 29.5 Å². The minimum atomic E-state index is -0.343. The van der Waals surface area contributed by atoms with Crippen LogP contribution in [0.5, 0.6) is 0 Å². The third-order valence-corrected chi connectivity index (χ3v) is 4.87. The van der Waals surface area contributed by atoms with Gasteiger partial charge in [-0.1, -0.05) is 11.3 Å². The van der Waals surface area contributed by atoms with Crippen LogP contribution in [0.2, 0.25) is 0 Å². The van der Waals surface area contributed by atoms with Gasteiger partial charge in [-0.3, -0.25) is 15.0 Å². The number of rotatable bonds is 7. The summed E-state index contributed by atoms with van der Waals surface area (Å²) in [5.41, 5.74) is 0.955. The lowest BCUT2D eigenvalue weighted by atomic mass is 10.2. The Hall–Kier alpha value is -1.70. The molecule has 3 rings (SSSR count). The molecule has 3 heterocycles. The number of thiophene rings is 1. The summed E-state index contributed by atoms with van der Waals surface area (Å²) in [7, 11) is 0. The molecular weight excluding hydrogens is 302 g/mol. The lowest BCUT2D eigenvalue weighted by Crippen LogP contribution is -2.33. The predicted molar refractivity (Wildman–Crippen MR) is 84.9 cm³/mol. The first-order chi connectivity index (χ1) is 10.7. The number of furan rings is 1. The fourth-order valence-corrected chi connectivity index (χ4v) is 3.58. The average Bonchev–Trinajstić information content (AvgIpc) is 3.23. The molecule has 118 valence electrons. The normalized spacial score (nSPS) is 16.9. The molecule has 0 amide bonds. The van der Waals surface area contributed by atoms with Crippen LogP contribution in [0.3, 0.4) is 0 Å². The Balaban J connectivity index is 1.58. The number of nitrogens with zero attached hydrogens (tertiary/aromatic N) is 2. The lowest BCUT2D eigenvalue weighted by molar-refractivity contribution is -0.380. The van der Waals surface area contributed by atoms with Gasteiger partial charge in [-0.2, -0.15) is 0 Å². The van der Waals surface area contributed by atoms with E-state index in [1.54, 1.807) is 12.3 Å². The van der Waals surface area contributed by atoms with Crippen molar-refractivity contribution in [1.82, 2.24) is 10.2 Å². The first kappa shape index (κ1) is 15.2. The molecule has 1 aliphatic heterocycles. The highest BCUT2D eigenvalue weighted by Gasteiger charge is 2.25. The summed E-state index contributed by atoms with van der Waals surface area (Å²) in [5.74, 6) is 0.977. The average molecular weight is 321 g/mol. The number of nitrogens with one attached hydrogen (secondary N) is 1. The Kier molecular flexibility index (Phi) is 4.87. The fourth-order valence-electron chi connectivity index (χ4n) is 2.85. The minimum absolute atomic E-state index is 0.193. The van der Waals surface area contributed by atoms with E-state index >= 15 is 0 Å². The maximum Gasteiger partial charge on any atom is 0.324 e. The van der Waals surface area contributed by atoms with Crippen molar-refractivity contribution < 1.29 is 9.34 Å². The maximum atomic E-state index is 10.7. The van der Waals surface area contributed by atoms with Crippen molar-refractivity contribution in [2.75, 3.05) is 19.6 Å². The standard InChI is InChI=1S/C15H19N3O3S/c19-18(20)15-8-12(11-22-15)9-16-10-13(14-4-3-7-21-14)17-5-1-2-6-17/h3-4,7-8,11,13,16H,1-2,5-6,9-10H2. The van der Waals surface area contributed by atoms with Crippen LogP contribution >= 0.6 is 11.3 Å². The fraction of sp³-hybridized carbons (Fsp3) is 0.467. The Morgan fingerprint density at radius 3 is 2.91 bits per heavy atom. The smallest absolute Gasteiger partial charge is 0.324 e. The van der Waals surface area contributed by atoms with E-state index in [1.807, 2.05) is 17.5 Å². The van der Waals surface area contributed by atoms with Crippen molar-refractivity contribution in [1.29, 1.82) is 0 Å². The van der Waals surface area contributed by atoms with Crippen LogP contribution in [-0.2, 0) is 6.54 Å². The number of hydrogen-bond donors (Lipinski definition) is 1. The molecule has 22 heavy (non-hydrogen) atoms. The predicted octanol–water partition coefficient (Wildman–Crippen LogP) is 3.18. The molecule has 1 unspecified atom stereocenters. The topological polar surface area (TPSA) is 71.5 Å². The molecule has 1 fully saturated rings. The minimum Gasteiger partial charge on any atom is -0.468 e. The summed E-state index contributed by atoms with van der Waals surface area (Å²) in [4.78, 5) is 12.8. The lowest BCUT2D eigenvalue weighted by Gasteiger charge is -2.26. The Bertz CT molecular complexity index is 605. The van der Waals surface area contributed by atoms with Crippen molar-refractivity contribution in [3.05, 3.63) is 51.3 Å². The molecule has 1 aliphatic rings. The van der Waals surface area contributed by atoms with Crippen molar-refractivity contribution in [2.45, 2.75) is 25.4 Å². The second-order valence-electron chi connectivity index (χ2n) is 5.46. The van der Waals surface area contributed by atoms with Gasteiger partial charge in [-0.05, 0) is 43.6 Å². The largest absolute Gasteiger partial charge is 0.468 e. The van der Waals surface area contributed by atoms with E-state index in [0.29, 0.717) is 6.54 Å². The van der Waals surface area contributed by atoms with Crippen LogP contribution < -0.4 is 5.32 Å². The van der Waals surface area contributed by atoms with Gasteiger partial charge in [0.25, 0.3) is 0 Å². The summed E-state index contributed by atoms with van der Waals surface area (Å²) in [6.07, 6.45) is 4.17. The molecule has 2 aromatic rings. The van der Waals surface area contributed by atoms with Crippen molar-refractivity contribution >= 4 is 16.3 Å². The maximum absolute atomic E-state index is 10.7. The van der Waals surface area contributed by atoms with E-state index in [1.165, 1.54) is 24.2 Å². The van der Waals surface area contributed by atoms with Gasteiger partial charge in [0, 0.05) is 24.5 Å². The van der Waals surface area contributed by atoms with E-state index in [0.717, 1.165) is 31.0 Å². The number of hydrogen-bond acceptors (Lipinski definition) is 6. The van der Waals surface area contributed by atoms with Crippen LogP contribution in [0, 0.1) is 10.1 Å². The van der Waals surface area contributed by atoms with Gasteiger partial charge < -0.3 is 9.73 Å². The third kappa shape index (κ3) is 3.55. The molecule has 0 radical (unpaired) electrons. The van der Waals surface area contributed by atoms with Gasteiger partial charge in [0.15, 0.2) is 0 Å². The van der Waals surface area contributed by atoms with Gasteiger partial charge in [-0.25, -0.2) is 0 Å². The zero-order chi connectivity index (χ0) is 15.4. The van der Waals surface area contributed by atoms with Crippen LogP contribution in [0.25, 0.3) is 0 Å². The second-order valence-corrected chi connectivity index (χ2v) is 6.35. The van der Waals surface area contributed by atoms with E-state index in [4.69, 9.17) is 4.42 Å². The highest BCUT2D eigenvalue weighted by molar-refractivity contribution is 7.13. The summed E-state index contributed by atoms with van der Waals surface area (Å²) in [5, 5.41) is 16.1. The van der Waals surface area contributed by atoms with Crippen LogP contribution in [0.4, 0.5) is 5.00 Å². The van der Waals surface area contributed by atoms with Crippen molar-refractivity contribution in [3.63, 3.8) is 0 Å². The number of nitro groups is 1. The summed E-state index contributed by atoms with van der Waals surface area (Å²) >= 11 is 1.17. The molecule has 0 bridgehead atoms. The summed E-state index contributed by atoms with van der Waals surface area (Å²) < 4.78 is 5.58. The van der Waals surface area contributed by atoms with Gasteiger partial charge in [0.05, 0.1) is 17.2 Å². The molecular formula is C15H19N3O3S. The highest BCUT2D eigenvalue weighted by atomic mass is 32.1. The molecule has 0 saturated carbocycles. The first-order valence-corrected chi connectivity index (χ1v) is 8.32. The van der Waals surface area contributed by atoms with Gasteiger partial charge in [0.1, 0.15) is 5.76 Å². The van der Waals surface area contributed by atoms with Gasteiger partial charge in [-0.15, -0.1) is 0 Å². The molecule has 0 spiro atoms. The molecule has 2 aromatic heterocycles. The molecule has 1 saturated heterocycles. The molecule has 1 atom stereocenters. The van der Waals surface area contributed by atoms with E-state index in [9.17, 15) is 10.1 Å². The molecule has 0 aliphatic carbocycles. The zero-order valence-corrected chi connectivity index (χ0v) is 13.1. The SMILES string of the molecule is O=[N+]([O-])c1cc(CNCC(c2ccco2)N2CCCC2)cs1. The van der Waals surface area contributed by atoms with Crippen LogP contribution in [0.15, 0.2) is 34.3 Å². The third-order valence-electron chi connectivity index (χ3n) is 3.94. The monoisotopic (exact) mass is 321 g/mol. The van der Waals surface area contributed by atoms with E-state index < -0.39 is 0 Å². The van der Waals surface area contributed by atoms with Crippen molar-refractivity contribution in [2.24, 2.45) is 0 Å². The molecule has 6 nitrogen and oxygen atoms in total. The molecule has 7 heteroatoms. The van der Waals surface area contributed by atoms with E-state index in [2.05, 4.69) is 10.2 Å². The van der Waals surface area contributed by atoms with Gasteiger partial charge in [0.2, 0.25) is 0 Å². The van der Waals surface area contributed by atoms with E-state index in [-0.39, 0.29) is 16.0 Å².